The van der Waals surface area contributed by atoms with Gasteiger partial charge in [-0.3, -0.25) is 14.9 Å². The third-order valence-corrected chi connectivity index (χ3v) is 2.97. The lowest BCUT2D eigenvalue weighted by Crippen LogP contribution is -2.43. The predicted molar refractivity (Wildman–Crippen MR) is 68.6 cm³/mol. The number of amides is 1. The third kappa shape index (κ3) is 2.97. The van der Waals surface area contributed by atoms with Crippen LogP contribution in [0.5, 0.6) is 0 Å². The number of hydrogen-bond acceptors (Lipinski definition) is 4. The van der Waals surface area contributed by atoms with Crippen molar-refractivity contribution in [1.82, 2.24) is 4.90 Å². The fourth-order valence-corrected chi connectivity index (χ4v) is 1.96. The molecule has 1 fully saturated rings. The minimum absolute atomic E-state index is 0.0233. The number of nitro groups is 1. The molecular weight excluding hydrogens is 248 g/mol. The highest BCUT2D eigenvalue weighted by molar-refractivity contribution is 5.78. The summed E-state index contributed by atoms with van der Waals surface area (Å²) in [5.74, 6) is -0.0712. The SMILES string of the molecule is C=CCN1C[C@H](c2ccc([N+](=O)[O-])cc2)OCC1=O. The number of ether oxygens (including phenoxy) is 1. The van der Waals surface area contributed by atoms with Crippen LogP contribution in [0, 0.1) is 10.1 Å². The molecule has 0 spiro atoms. The van der Waals surface area contributed by atoms with E-state index in [1.54, 1.807) is 23.1 Å². The van der Waals surface area contributed by atoms with Gasteiger partial charge in [-0.25, -0.2) is 0 Å². The van der Waals surface area contributed by atoms with Crippen LogP contribution in [-0.4, -0.2) is 35.4 Å². The van der Waals surface area contributed by atoms with Gasteiger partial charge in [0.15, 0.2) is 0 Å². The number of carbonyl (C=O) groups excluding carboxylic acids is 1. The molecule has 6 nitrogen and oxygen atoms in total. The van der Waals surface area contributed by atoms with Crippen LogP contribution in [0.4, 0.5) is 5.69 Å². The summed E-state index contributed by atoms with van der Waals surface area (Å²) in [6.45, 7) is 4.54. The minimum atomic E-state index is -0.445. The average Bonchev–Trinajstić information content (AvgIpc) is 2.41. The van der Waals surface area contributed by atoms with Crippen LogP contribution >= 0.6 is 0 Å². The first kappa shape index (κ1) is 13.2. The largest absolute Gasteiger partial charge is 0.362 e. The lowest BCUT2D eigenvalue weighted by Gasteiger charge is -2.32. The van der Waals surface area contributed by atoms with E-state index in [1.807, 2.05) is 0 Å². The fourth-order valence-electron chi connectivity index (χ4n) is 1.96. The smallest absolute Gasteiger partial charge is 0.269 e. The van der Waals surface area contributed by atoms with Crippen LogP contribution in [0.1, 0.15) is 11.7 Å². The number of nitrogens with zero attached hydrogens (tertiary/aromatic N) is 2. The first-order valence-electron chi connectivity index (χ1n) is 5.86. The number of benzene rings is 1. The molecular formula is C13H14N2O4. The van der Waals surface area contributed by atoms with E-state index in [4.69, 9.17) is 4.74 Å². The maximum atomic E-state index is 11.6. The first-order valence-corrected chi connectivity index (χ1v) is 5.86. The molecule has 1 amide bonds. The molecule has 2 rings (SSSR count). The molecule has 19 heavy (non-hydrogen) atoms. The van der Waals surface area contributed by atoms with Crippen LogP contribution in [0.15, 0.2) is 36.9 Å². The van der Waals surface area contributed by atoms with Gasteiger partial charge in [0.2, 0.25) is 5.91 Å². The quantitative estimate of drug-likeness (QED) is 0.470. The van der Waals surface area contributed by atoms with Crippen molar-refractivity contribution in [3.05, 3.63) is 52.6 Å². The highest BCUT2D eigenvalue weighted by Crippen LogP contribution is 2.24. The second kappa shape index (κ2) is 5.62. The standard InChI is InChI=1S/C13H14N2O4/c1-2-7-14-8-12(19-9-13(14)16)10-3-5-11(6-4-10)15(17)18/h2-6,12H,1,7-9H2/t12-/m1/s1. The topological polar surface area (TPSA) is 72.7 Å². The molecule has 0 unspecified atom stereocenters. The van der Waals surface area contributed by atoms with Gasteiger partial charge in [-0.2, -0.15) is 0 Å². The molecule has 1 saturated heterocycles. The summed E-state index contributed by atoms with van der Waals surface area (Å²) in [5.41, 5.74) is 0.866. The van der Waals surface area contributed by atoms with E-state index >= 15 is 0 Å². The van der Waals surface area contributed by atoms with Gasteiger partial charge in [0.1, 0.15) is 12.7 Å². The van der Waals surface area contributed by atoms with E-state index in [2.05, 4.69) is 6.58 Å². The summed E-state index contributed by atoms with van der Waals surface area (Å²) in [6.07, 6.45) is 1.41. The summed E-state index contributed by atoms with van der Waals surface area (Å²) in [6, 6.07) is 6.19. The lowest BCUT2D eigenvalue weighted by molar-refractivity contribution is -0.384. The lowest BCUT2D eigenvalue weighted by atomic mass is 10.1. The van der Waals surface area contributed by atoms with E-state index in [9.17, 15) is 14.9 Å². The van der Waals surface area contributed by atoms with Crippen LogP contribution in [0.3, 0.4) is 0 Å². The number of non-ortho nitro benzene ring substituents is 1. The molecule has 0 radical (unpaired) electrons. The molecule has 1 atom stereocenters. The highest BCUT2D eigenvalue weighted by Gasteiger charge is 2.26. The predicted octanol–water partition coefficient (Wildman–Crippen LogP) is 1.68. The van der Waals surface area contributed by atoms with Gasteiger partial charge in [0.25, 0.3) is 5.69 Å². The van der Waals surface area contributed by atoms with Crippen molar-refractivity contribution in [2.75, 3.05) is 19.7 Å². The van der Waals surface area contributed by atoms with Crippen LogP contribution in [0.25, 0.3) is 0 Å². The molecule has 1 aliphatic rings. The molecule has 0 aromatic heterocycles. The molecule has 0 aliphatic carbocycles. The molecule has 0 saturated carbocycles. The third-order valence-electron chi connectivity index (χ3n) is 2.97. The zero-order chi connectivity index (χ0) is 13.8. The fraction of sp³-hybridized carbons (Fsp3) is 0.308. The maximum Gasteiger partial charge on any atom is 0.269 e. The molecule has 1 heterocycles. The van der Waals surface area contributed by atoms with Gasteiger partial charge in [-0.05, 0) is 17.7 Å². The Hall–Kier alpha value is -2.21. The van der Waals surface area contributed by atoms with Crippen molar-refractivity contribution in [1.29, 1.82) is 0 Å². The van der Waals surface area contributed by atoms with Crippen molar-refractivity contribution in [2.24, 2.45) is 0 Å². The Bertz CT molecular complexity index is 498. The Morgan fingerprint density at radius 2 is 2.16 bits per heavy atom. The van der Waals surface area contributed by atoms with Gasteiger partial charge in [0.05, 0.1) is 11.5 Å². The highest BCUT2D eigenvalue weighted by atomic mass is 16.6. The van der Waals surface area contributed by atoms with Crippen molar-refractivity contribution >= 4 is 11.6 Å². The monoisotopic (exact) mass is 262 g/mol. The van der Waals surface area contributed by atoms with Crippen molar-refractivity contribution in [3.8, 4) is 0 Å². The number of nitro benzene ring substituents is 1. The van der Waals surface area contributed by atoms with E-state index in [1.165, 1.54) is 12.1 Å². The van der Waals surface area contributed by atoms with Crippen LogP contribution in [0.2, 0.25) is 0 Å². The van der Waals surface area contributed by atoms with Crippen LogP contribution in [-0.2, 0) is 9.53 Å². The summed E-state index contributed by atoms with van der Waals surface area (Å²) in [7, 11) is 0. The molecule has 1 aliphatic heterocycles. The molecule has 0 bridgehead atoms. The summed E-state index contributed by atoms with van der Waals surface area (Å²) < 4.78 is 5.46. The zero-order valence-electron chi connectivity index (χ0n) is 10.3. The number of rotatable bonds is 4. The van der Waals surface area contributed by atoms with Gasteiger partial charge in [-0.1, -0.05) is 6.08 Å². The summed E-state index contributed by atoms with van der Waals surface area (Å²) >= 11 is 0. The maximum absolute atomic E-state index is 11.6. The molecule has 1 aromatic carbocycles. The summed E-state index contributed by atoms with van der Waals surface area (Å²) in [4.78, 5) is 23.4. The number of morpholine rings is 1. The second-order valence-corrected chi connectivity index (χ2v) is 4.24. The molecule has 1 aromatic rings. The summed E-state index contributed by atoms with van der Waals surface area (Å²) in [5, 5.41) is 10.6. The van der Waals surface area contributed by atoms with Gasteiger partial charge < -0.3 is 9.64 Å². The Kier molecular flexibility index (Phi) is 3.91. The van der Waals surface area contributed by atoms with Gasteiger partial charge in [0, 0.05) is 18.7 Å². The number of carbonyl (C=O) groups is 1. The molecule has 100 valence electrons. The number of hydrogen-bond donors (Lipinski definition) is 0. The first-order chi connectivity index (χ1) is 9.11. The minimum Gasteiger partial charge on any atom is -0.362 e. The van der Waals surface area contributed by atoms with Crippen molar-refractivity contribution in [2.45, 2.75) is 6.10 Å². The Morgan fingerprint density at radius 1 is 1.47 bits per heavy atom. The van der Waals surface area contributed by atoms with Gasteiger partial charge in [-0.15, -0.1) is 6.58 Å². The average molecular weight is 262 g/mol. The van der Waals surface area contributed by atoms with E-state index in [0.717, 1.165) is 5.56 Å². The molecule has 0 N–H and O–H groups in total. The normalized spacial score (nSPS) is 19.3. The van der Waals surface area contributed by atoms with E-state index < -0.39 is 4.92 Å². The van der Waals surface area contributed by atoms with Gasteiger partial charge >= 0.3 is 0 Å². The van der Waals surface area contributed by atoms with E-state index in [-0.39, 0.29) is 24.3 Å². The van der Waals surface area contributed by atoms with Crippen molar-refractivity contribution in [3.63, 3.8) is 0 Å². The molecule has 6 heteroatoms. The second-order valence-electron chi connectivity index (χ2n) is 4.24. The van der Waals surface area contributed by atoms with Crippen LogP contribution < -0.4 is 0 Å². The van der Waals surface area contributed by atoms with E-state index in [0.29, 0.717) is 13.1 Å². The zero-order valence-corrected chi connectivity index (χ0v) is 10.3. The Labute approximate surface area is 110 Å². The Morgan fingerprint density at radius 3 is 2.74 bits per heavy atom. The van der Waals surface area contributed by atoms with Crippen molar-refractivity contribution < 1.29 is 14.5 Å². The Balaban J connectivity index is 2.11.